The van der Waals surface area contributed by atoms with Crippen molar-refractivity contribution >= 4 is 52.5 Å². The molecule has 1 heterocycles. The van der Waals surface area contributed by atoms with Crippen LogP contribution in [0.15, 0.2) is 65.6 Å². The lowest BCUT2D eigenvalue weighted by Gasteiger charge is -2.36. The number of benzene rings is 3. The van der Waals surface area contributed by atoms with E-state index in [1.54, 1.807) is 12.1 Å². The Hall–Kier alpha value is -2.47. The summed E-state index contributed by atoms with van der Waals surface area (Å²) < 4.78 is 0. The van der Waals surface area contributed by atoms with Crippen molar-refractivity contribution in [3.63, 3.8) is 0 Å². The fourth-order valence-electron chi connectivity index (χ4n) is 4.00. The summed E-state index contributed by atoms with van der Waals surface area (Å²) in [5.41, 5.74) is 5.13. The van der Waals surface area contributed by atoms with Crippen molar-refractivity contribution in [3.8, 4) is 0 Å². The van der Waals surface area contributed by atoms with Gasteiger partial charge in [0.1, 0.15) is 5.25 Å². The molecule has 176 valence electrons. The minimum Gasteiger partial charge on any atom is -0.352 e. The number of amides is 2. The Morgan fingerprint density at radius 1 is 1.06 bits per heavy atom. The van der Waals surface area contributed by atoms with Crippen molar-refractivity contribution in [2.45, 2.75) is 44.0 Å². The summed E-state index contributed by atoms with van der Waals surface area (Å²) in [6.45, 7) is 6.70. The molecule has 7 heteroatoms. The first kappa shape index (κ1) is 24.6. The van der Waals surface area contributed by atoms with E-state index in [1.807, 2.05) is 49.1 Å². The second-order valence-corrected chi connectivity index (χ2v) is 10.6. The standard InChI is InChI=1S/C27H26Cl2N2O2S/c1-16-8-9-17(2)20(12-16)15-31-23-6-4-5-7-24(23)34-25(27(31)33)18(3)26(32)30-14-19-10-11-21(28)22(29)13-19/h4-13,18,25H,14-15H2,1-3H3,(H,30,32). The van der Waals surface area contributed by atoms with E-state index in [9.17, 15) is 9.59 Å². The molecule has 3 aromatic carbocycles. The summed E-state index contributed by atoms with van der Waals surface area (Å²) in [7, 11) is 0. The highest BCUT2D eigenvalue weighted by atomic mass is 35.5. The summed E-state index contributed by atoms with van der Waals surface area (Å²) >= 11 is 13.5. The van der Waals surface area contributed by atoms with E-state index in [2.05, 4.69) is 30.4 Å². The number of rotatable bonds is 6. The smallest absolute Gasteiger partial charge is 0.241 e. The maximum atomic E-state index is 13.7. The molecule has 34 heavy (non-hydrogen) atoms. The van der Waals surface area contributed by atoms with Gasteiger partial charge in [-0.3, -0.25) is 9.59 Å². The van der Waals surface area contributed by atoms with Gasteiger partial charge >= 0.3 is 0 Å². The van der Waals surface area contributed by atoms with Crippen molar-refractivity contribution < 1.29 is 9.59 Å². The summed E-state index contributed by atoms with van der Waals surface area (Å²) in [4.78, 5) is 29.5. The van der Waals surface area contributed by atoms with Crippen LogP contribution >= 0.6 is 35.0 Å². The Morgan fingerprint density at radius 3 is 2.59 bits per heavy atom. The van der Waals surface area contributed by atoms with Crippen LogP contribution < -0.4 is 10.2 Å². The van der Waals surface area contributed by atoms with Gasteiger partial charge < -0.3 is 10.2 Å². The predicted octanol–water partition coefficient (Wildman–Crippen LogP) is 6.57. The monoisotopic (exact) mass is 512 g/mol. The third-order valence-electron chi connectivity index (χ3n) is 6.07. The van der Waals surface area contributed by atoms with Gasteiger partial charge in [-0.25, -0.2) is 0 Å². The molecule has 0 aromatic heterocycles. The van der Waals surface area contributed by atoms with Gasteiger partial charge in [0.15, 0.2) is 0 Å². The number of nitrogens with zero attached hydrogens (tertiary/aromatic N) is 1. The third-order valence-corrected chi connectivity index (χ3v) is 8.27. The van der Waals surface area contributed by atoms with Crippen molar-refractivity contribution in [2.24, 2.45) is 5.92 Å². The average molecular weight is 513 g/mol. The van der Waals surface area contributed by atoms with Crippen LogP contribution in [0.4, 0.5) is 5.69 Å². The van der Waals surface area contributed by atoms with Crippen molar-refractivity contribution in [1.82, 2.24) is 5.32 Å². The van der Waals surface area contributed by atoms with Crippen molar-refractivity contribution in [1.29, 1.82) is 0 Å². The highest BCUT2D eigenvalue weighted by molar-refractivity contribution is 8.01. The molecule has 0 saturated carbocycles. The predicted molar refractivity (Wildman–Crippen MR) is 141 cm³/mol. The minimum absolute atomic E-state index is 0.0539. The summed E-state index contributed by atoms with van der Waals surface area (Å²) in [5, 5.41) is 3.34. The lowest BCUT2D eigenvalue weighted by Crippen LogP contribution is -2.47. The number of para-hydroxylation sites is 1. The molecular formula is C27H26Cl2N2O2S. The normalized spacial score (nSPS) is 16.2. The number of halogens is 2. The zero-order chi connectivity index (χ0) is 24.4. The molecule has 1 aliphatic heterocycles. The van der Waals surface area contributed by atoms with E-state index in [1.165, 1.54) is 11.8 Å². The van der Waals surface area contributed by atoms with Crippen molar-refractivity contribution in [2.75, 3.05) is 4.90 Å². The Kier molecular flexibility index (Phi) is 7.56. The van der Waals surface area contributed by atoms with Gasteiger partial charge in [-0.2, -0.15) is 0 Å². The summed E-state index contributed by atoms with van der Waals surface area (Å²) in [6, 6.07) is 19.4. The molecule has 0 aliphatic carbocycles. The molecule has 2 amide bonds. The molecular weight excluding hydrogens is 487 g/mol. The second kappa shape index (κ2) is 10.4. The number of carbonyl (C=O) groups is 2. The fraction of sp³-hybridized carbons (Fsp3) is 0.259. The summed E-state index contributed by atoms with van der Waals surface area (Å²) in [6.07, 6.45) is 0. The number of hydrogen-bond acceptors (Lipinski definition) is 3. The Labute approximate surface area is 214 Å². The molecule has 4 rings (SSSR count). The largest absolute Gasteiger partial charge is 0.352 e. The molecule has 4 nitrogen and oxygen atoms in total. The first-order valence-corrected chi connectivity index (χ1v) is 12.7. The van der Waals surface area contributed by atoms with Gasteiger partial charge in [-0.1, -0.05) is 72.1 Å². The number of aryl methyl sites for hydroxylation is 2. The van der Waals surface area contributed by atoms with Crippen LogP contribution in [0.1, 0.15) is 29.2 Å². The van der Waals surface area contributed by atoms with Crippen LogP contribution in [0.5, 0.6) is 0 Å². The lowest BCUT2D eigenvalue weighted by atomic mass is 10.0. The van der Waals surface area contributed by atoms with E-state index in [0.29, 0.717) is 23.1 Å². The Balaban J connectivity index is 1.54. The van der Waals surface area contributed by atoms with Crippen LogP contribution in [0, 0.1) is 19.8 Å². The zero-order valence-electron chi connectivity index (χ0n) is 19.3. The zero-order valence-corrected chi connectivity index (χ0v) is 21.6. The van der Waals surface area contributed by atoms with E-state index in [-0.39, 0.29) is 11.8 Å². The topological polar surface area (TPSA) is 49.4 Å². The highest BCUT2D eigenvalue weighted by Gasteiger charge is 2.39. The quantitative estimate of drug-likeness (QED) is 0.406. The van der Waals surface area contributed by atoms with Gasteiger partial charge in [0, 0.05) is 11.4 Å². The SMILES string of the molecule is Cc1ccc(C)c(CN2C(=O)C(C(C)C(=O)NCc3ccc(Cl)c(Cl)c3)Sc3ccccc32)c1. The molecule has 0 spiro atoms. The van der Waals surface area contributed by atoms with E-state index in [4.69, 9.17) is 23.2 Å². The average Bonchev–Trinajstić information content (AvgIpc) is 2.83. The van der Waals surface area contributed by atoms with Gasteiger partial charge in [0.2, 0.25) is 11.8 Å². The third kappa shape index (κ3) is 5.27. The number of hydrogen-bond donors (Lipinski definition) is 1. The fourth-order valence-corrected chi connectivity index (χ4v) is 5.60. The first-order valence-electron chi connectivity index (χ1n) is 11.1. The molecule has 1 N–H and O–H groups in total. The molecule has 0 saturated heterocycles. The van der Waals surface area contributed by atoms with E-state index < -0.39 is 11.2 Å². The molecule has 0 fully saturated rings. The van der Waals surface area contributed by atoms with Gasteiger partial charge in [-0.15, -0.1) is 11.8 Å². The van der Waals surface area contributed by atoms with Crippen LogP contribution in [0.3, 0.4) is 0 Å². The first-order chi connectivity index (χ1) is 16.2. The molecule has 3 aromatic rings. The minimum atomic E-state index is -0.520. The molecule has 2 unspecified atom stereocenters. The van der Waals surface area contributed by atoms with Crippen molar-refractivity contribution in [3.05, 3.63) is 93.0 Å². The lowest BCUT2D eigenvalue weighted by molar-refractivity contribution is -0.128. The maximum Gasteiger partial charge on any atom is 0.241 e. The summed E-state index contributed by atoms with van der Waals surface area (Å²) in [5.74, 6) is -0.750. The number of anilines is 1. The van der Waals surface area contributed by atoms with Gasteiger partial charge in [0.25, 0.3) is 0 Å². The van der Waals surface area contributed by atoms with Gasteiger partial charge in [-0.05, 0) is 54.8 Å². The Bertz CT molecular complexity index is 1250. The van der Waals surface area contributed by atoms with Crippen LogP contribution in [-0.4, -0.2) is 17.1 Å². The van der Waals surface area contributed by atoms with E-state index >= 15 is 0 Å². The number of fused-ring (bicyclic) bond motifs is 1. The number of nitrogens with one attached hydrogen (secondary N) is 1. The number of thioether (sulfide) groups is 1. The van der Waals surface area contributed by atoms with E-state index in [0.717, 1.165) is 32.8 Å². The number of carbonyl (C=O) groups excluding carboxylic acids is 2. The maximum absolute atomic E-state index is 13.7. The molecule has 0 bridgehead atoms. The molecule has 0 radical (unpaired) electrons. The van der Waals surface area contributed by atoms with Crippen LogP contribution in [0.25, 0.3) is 0 Å². The second-order valence-electron chi connectivity index (χ2n) is 8.62. The van der Waals surface area contributed by atoms with Crippen LogP contribution in [0.2, 0.25) is 10.0 Å². The van der Waals surface area contributed by atoms with Gasteiger partial charge in [0.05, 0.1) is 28.2 Å². The molecule has 1 aliphatic rings. The molecule has 2 atom stereocenters. The highest BCUT2D eigenvalue weighted by Crippen LogP contribution is 2.42. The van der Waals surface area contributed by atoms with Crippen LogP contribution in [-0.2, 0) is 22.7 Å². The Morgan fingerprint density at radius 2 is 1.82 bits per heavy atom.